The van der Waals surface area contributed by atoms with Crippen LogP contribution >= 0.6 is 50.2 Å². The number of ether oxygens (including phenoxy) is 4. The highest BCUT2D eigenvalue weighted by Gasteiger charge is 2.35. The van der Waals surface area contributed by atoms with Gasteiger partial charge in [0, 0.05) is 160 Å². The molecule has 2 aromatic carbocycles. The Kier molecular flexibility index (Phi) is 26.7. The molecule has 0 spiro atoms. The number of para-hydroxylation sites is 2. The number of esters is 1. The number of fused-ring (bicyclic) bond motifs is 2. The Hall–Kier alpha value is -6.81. The third-order valence-electron chi connectivity index (χ3n) is 16.7. The first-order valence-corrected chi connectivity index (χ1v) is 31.7. The van der Waals surface area contributed by atoms with E-state index in [1.54, 1.807) is 38.4 Å². The van der Waals surface area contributed by atoms with Crippen molar-refractivity contribution in [3.63, 3.8) is 0 Å². The Bertz CT molecular complexity index is 3440. The predicted molar refractivity (Wildman–Crippen MR) is 362 cm³/mol. The van der Waals surface area contributed by atoms with Gasteiger partial charge in [-0.25, -0.2) is 29.5 Å². The van der Waals surface area contributed by atoms with Crippen LogP contribution in [0.25, 0.3) is 44.3 Å². The quantitative estimate of drug-likeness (QED) is 0.0372. The molecule has 490 valence electrons. The topological polar surface area (TPSA) is 258 Å². The molecule has 0 aliphatic carbocycles. The van der Waals surface area contributed by atoms with Gasteiger partial charge in [-0.2, -0.15) is 27.0 Å². The number of anilines is 2. The summed E-state index contributed by atoms with van der Waals surface area (Å²) < 4.78 is 19.7. The van der Waals surface area contributed by atoms with Crippen LogP contribution in [0.1, 0.15) is 52.4 Å². The summed E-state index contributed by atoms with van der Waals surface area (Å²) in [5.41, 5.74) is 5.32. The summed E-state index contributed by atoms with van der Waals surface area (Å²) in [7, 11) is 0. The number of amides is 3. The molecule has 6 aromatic rings. The number of benzene rings is 2. The van der Waals surface area contributed by atoms with Crippen LogP contribution in [0.4, 0.5) is 16.7 Å². The number of likely N-dealkylation sites (tertiary alicyclic amines) is 3. The van der Waals surface area contributed by atoms with Crippen LogP contribution in [0.15, 0.2) is 97.6 Å². The first-order valence-electron chi connectivity index (χ1n) is 31.0. The van der Waals surface area contributed by atoms with E-state index in [2.05, 4.69) is 55.2 Å². The highest BCUT2D eigenvalue weighted by molar-refractivity contribution is 7.59. The Morgan fingerprint density at radius 3 is 1.55 bits per heavy atom. The van der Waals surface area contributed by atoms with Gasteiger partial charge in [-0.3, -0.25) is 24.2 Å². The average Bonchev–Trinajstić information content (AvgIpc) is 1.88. The van der Waals surface area contributed by atoms with Crippen molar-refractivity contribution in [2.24, 2.45) is 11.8 Å². The lowest BCUT2D eigenvalue weighted by molar-refractivity contribution is -0.138. The number of carbonyl (C=O) groups is 5. The second-order valence-corrected chi connectivity index (χ2v) is 24.0. The van der Waals surface area contributed by atoms with Crippen LogP contribution in [0.2, 0.25) is 10.0 Å². The standard InChI is InChI=1S/C30H36ClN7O3.C22H25ClN6O.C12H19NO5.2H2S/c31-25-19-33-30(35-28(25)24-18-32-26-5-2-1-4-23(24)26)34-22-9-13-38(20-22)29(40)21-7-11-37(12-8-21)27(39)6-3-10-36-14-16-41-17-15-36;23-18-12-26-22(28-20(18)17-11-25-19-4-2-1-3-16(17)19)27-15-7-10-29(13-15)21(30)14-5-8-24-9-6-14;1-10(2)17-12(15)18-11(14)4-3-5-13-6-8-16-9-7-13;;/h1-6,18-19,21-22,32H,7-17,20H2,(H,33,34,35);1-4,11-12,14-15,24-25H,5-10,13H2,(H,26,27,28);3-4,10H,5-9H2,1-2H3;2*1H2/b6-3+;;4-3+;;/t22-;15-;;;/m00.../s1. The molecular formula is C64H84Cl2N14O9S2. The van der Waals surface area contributed by atoms with E-state index in [0.29, 0.717) is 98.7 Å². The smallest absolute Gasteiger partial charge is 0.431 e. The second kappa shape index (κ2) is 34.7. The average molecular weight is 1330 g/mol. The lowest BCUT2D eigenvalue weighted by Crippen LogP contribution is -2.44. The van der Waals surface area contributed by atoms with Gasteiger partial charge < -0.3 is 59.6 Å². The van der Waals surface area contributed by atoms with Gasteiger partial charge in [0.05, 0.1) is 66.4 Å². The van der Waals surface area contributed by atoms with Crippen molar-refractivity contribution in [1.29, 1.82) is 0 Å². The van der Waals surface area contributed by atoms with E-state index in [0.717, 1.165) is 124 Å². The van der Waals surface area contributed by atoms with E-state index in [1.165, 1.54) is 6.08 Å². The fraction of sp³-hybridized carbons (Fsp3) is 0.484. The zero-order chi connectivity index (χ0) is 62.1. The molecule has 6 saturated heterocycles. The minimum atomic E-state index is -0.967. The summed E-state index contributed by atoms with van der Waals surface area (Å²) in [6.07, 6.45) is 17.3. The molecule has 4 aromatic heterocycles. The normalized spacial score (nSPS) is 19.3. The summed E-state index contributed by atoms with van der Waals surface area (Å²) in [6.45, 7) is 17.0. The molecule has 6 fully saturated rings. The summed E-state index contributed by atoms with van der Waals surface area (Å²) in [5, 5.41) is 13.3. The third-order valence-corrected chi connectivity index (χ3v) is 17.2. The Labute approximate surface area is 554 Å². The van der Waals surface area contributed by atoms with Crippen LogP contribution in [0.3, 0.4) is 0 Å². The van der Waals surface area contributed by atoms with Gasteiger partial charge in [0.2, 0.25) is 29.6 Å². The number of nitrogens with one attached hydrogen (secondary N) is 5. The first kappa shape index (κ1) is 70.1. The summed E-state index contributed by atoms with van der Waals surface area (Å²) in [5.74, 6) is 0.945. The number of morpholine rings is 2. The largest absolute Gasteiger partial charge is 0.516 e. The van der Waals surface area contributed by atoms with Crippen molar-refractivity contribution in [2.75, 3.05) is 129 Å². The molecule has 12 rings (SSSR count). The molecule has 3 amide bonds. The highest BCUT2D eigenvalue weighted by Crippen LogP contribution is 2.35. The minimum Gasteiger partial charge on any atom is -0.431 e. The van der Waals surface area contributed by atoms with Crippen molar-refractivity contribution >= 4 is 114 Å². The monoisotopic (exact) mass is 1330 g/mol. The fourth-order valence-corrected chi connectivity index (χ4v) is 12.2. The van der Waals surface area contributed by atoms with Crippen molar-refractivity contribution in [3.8, 4) is 22.5 Å². The third kappa shape index (κ3) is 19.6. The maximum absolute atomic E-state index is 13.3. The van der Waals surface area contributed by atoms with Crippen molar-refractivity contribution in [3.05, 3.63) is 108 Å². The van der Waals surface area contributed by atoms with Crippen LogP contribution in [-0.4, -0.2) is 220 Å². The molecule has 2 atom stereocenters. The van der Waals surface area contributed by atoms with Gasteiger partial charge in [0.1, 0.15) is 0 Å². The molecular weight excluding hydrogens is 1240 g/mol. The van der Waals surface area contributed by atoms with Gasteiger partial charge in [0.15, 0.2) is 0 Å². The van der Waals surface area contributed by atoms with Crippen LogP contribution < -0.4 is 16.0 Å². The van der Waals surface area contributed by atoms with Crippen LogP contribution in [0, 0.1) is 11.8 Å². The number of H-pyrrole nitrogens is 2. The van der Waals surface area contributed by atoms with Crippen LogP contribution in [0.5, 0.6) is 0 Å². The number of piperidine rings is 2. The number of hydrogen-bond donors (Lipinski definition) is 5. The minimum absolute atomic E-state index is 0. The number of nitrogens with zero attached hydrogens (tertiary/aromatic N) is 9. The molecule has 10 heterocycles. The van der Waals surface area contributed by atoms with Crippen LogP contribution in [-0.2, 0) is 38.1 Å². The fourth-order valence-electron chi connectivity index (χ4n) is 11.8. The Morgan fingerprint density at radius 1 is 0.615 bits per heavy atom. The first-order chi connectivity index (χ1) is 43.3. The van der Waals surface area contributed by atoms with E-state index >= 15 is 0 Å². The molecule has 6 aliphatic heterocycles. The molecule has 0 saturated carbocycles. The highest BCUT2D eigenvalue weighted by atomic mass is 35.5. The van der Waals surface area contributed by atoms with E-state index < -0.39 is 12.1 Å². The summed E-state index contributed by atoms with van der Waals surface area (Å²) in [6, 6.07) is 16.3. The molecule has 6 aliphatic rings. The maximum atomic E-state index is 13.3. The maximum Gasteiger partial charge on any atom is 0.516 e. The van der Waals surface area contributed by atoms with E-state index in [4.69, 9.17) is 42.6 Å². The van der Waals surface area contributed by atoms with E-state index in [9.17, 15) is 24.0 Å². The lowest BCUT2D eigenvalue weighted by Gasteiger charge is -2.32. The van der Waals surface area contributed by atoms with Crippen molar-refractivity contribution < 1.29 is 42.9 Å². The predicted octanol–water partition coefficient (Wildman–Crippen LogP) is 7.90. The number of rotatable bonds is 15. The zero-order valence-electron chi connectivity index (χ0n) is 51.6. The number of aromatic amines is 2. The lowest BCUT2D eigenvalue weighted by atomic mass is 9.95. The Morgan fingerprint density at radius 2 is 1.07 bits per heavy atom. The van der Waals surface area contributed by atoms with E-state index in [-0.39, 0.29) is 74.7 Å². The van der Waals surface area contributed by atoms with Gasteiger partial charge >= 0.3 is 12.1 Å². The molecule has 5 N–H and O–H groups in total. The summed E-state index contributed by atoms with van der Waals surface area (Å²) in [4.78, 5) is 95.9. The second-order valence-electron chi connectivity index (χ2n) is 23.2. The molecule has 0 radical (unpaired) electrons. The number of aromatic nitrogens is 6. The SMILES string of the molecule is CC(C)OC(=O)OC(=O)/C=C/CN1CCOCC1.O=C(/C=C/CN1CCOCC1)N1CCC(C(=O)N2CC[C@H](Nc3ncc(Cl)c(-c4c[nH]c5ccccc45)n3)C2)CC1.O=C(C1CCNCC1)N1CC[C@H](Nc2ncc(Cl)c(-c3c[nH]c4ccccc34)n2)C1.S.S. The Balaban J connectivity index is 0.000000188. The van der Waals surface area contributed by atoms with Gasteiger partial charge in [-0.1, -0.05) is 71.8 Å². The van der Waals surface area contributed by atoms with Gasteiger partial charge in [-0.15, -0.1) is 0 Å². The molecule has 23 nitrogen and oxygen atoms in total. The van der Waals surface area contributed by atoms with Gasteiger partial charge in [-0.05, 0) is 77.6 Å². The van der Waals surface area contributed by atoms with Crippen molar-refractivity contribution in [2.45, 2.75) is 70.6 Å². The number of carbonyl (C=O) groups excluding carboxylic acids is 5. The number of hydrogen-bond acceptors (Lipinski definition) is 18. The molecule has 27 heteroatoms. The zero-order valence-corrected chi connectivity index (χ0v) is 55.1. The van der Waals surface area contributed by atoms with E-state index in [1.807, 2.05) is 81.7 Å². The molecule has 0 bridgehead atoms. The summed E-state index contributed by atoms with van der Waals surface area (Å²) >= 11 is 12.9. The van der Waals surface area contributed by atoms with Crippen molar-refractivity contribution in [1.82, 2.24) is 59.7 Å². The number of halogens is 2. The van der Waals surface area contributed by atoms with Gasteiger partial charge in [0.25, 0.3) is 0 Å². The molecule has 91 heavy (non-hydrogen) atoms. The molecule has 0 unspecified atom stereocenters.